The van der Waals surface area contributed by atoms with Crippen LogP contribution in [0.4, 0.5) is 0 Å². The van der Waals surface area contributed by atoms with Gasteiger partial charge < -0.3 is 5.73 Å². The number of rotatable bonds is 2. The van der Waals surface area contributed by atoms with Crippen molar-refractivity contribution in [2.24, 2.45) is 11.7 Å². The average molecular weight is 283 g/mol. The van der Waals surface area contributed by atoms with Crippen LogP contribution in [0.25, 0.3) is 0 Å². The molecule has 0 radical (unpaired) electrons. The molecule has 0 spiro atoms. The first kappa shape index (κ1) is 16.5. The molecule has 1 aliphatic heterocycles. The molecule has 2 rings (SSSR count). The minimum atomic E-state index is 0. The van der Waals surface area contributed by atoms with E-state index in [1.54, 1.807) is 0 Å². The molecule has 1 fully saturated rings. The Bertz CT molecular complexity index is 408. The summed E-state index contributed by atoms with van der Waals surface area (Å²) in [6, 6.07) is 4.98. The standard InChI is InChI=1S/C16H26N2.ClH/c1-11-7-12(2)15(13(3)8-11)10-18-6-5-16(17)14(4)9-18;/h7-8,14,16H,5-6,9-10,17H2,1-4H3;1H. The molecule has 1 saturated heterocycles. The highest BCUT2D eigenvalue weighted by Crippen LogP contribution is 2.22. The molecule has 2 N–H and O–H groups in total. The van der Waals surface area contributed by atoms with Gasteiger partial charge in [0.15, 0.2) is 0 Å². The lowest BCUT2D eigenvalue weighted by molar-refractivity contribution is 0.157. The Hall–Kier alpha value is -0.570. The first-order valence-electron chi connectivity index (χ1n) is 7.02. The predicted molar refractivity (Wildman–Crippen MR) is 84.9 cm³/mol. The second kappa shape index (κ2) is 6.74. The van der Waals surface area contributed by atoms with Gasteiger partial charge in [-0.05, 0) is 56.3 Å². The maximum absolute atomic E-state index is 6.09. The highest BCUT2D eigenvalue weighted by Gasteiger charge is 2.23. The van der Waals surface area contributed by atoms with Gasteiger partial charge in [0.1, 0.15) is 0 Å². The maximum Gasteiger partial charge on any atom is 0.0239 e. The number of nitrogens with two attached hydrogens (primary N) is 1. The molecular formula is C16H27ClN2. The van der Waals surface area contributed by atoms with E-state index < -0.39 is 0 Å². The lowest BCUT2D eigenvalue weighted by Gasteiger charge is -2.35. The molecule has 0 saturated carbocycles. The minimum Gasteiger partial charge on any atom is -0.327 e. The van der Waals surface area contributed by atoms with E-state index in [-0.39, 0.29) is 12.4 Å². The van der Waals surface area contributed by atoms with Crippen molar-refractivity contribution in [3.05, 3.63) is 34.4 Å². The van der Waals surface area contributed by atoms with E-state index in [2.05, 4.69) is 44.7 Å². The predicted octanol–water partition coefficient (Wildman–Crippen LogP) is 3.20. The molecule has 2 unspecified atom stereocenters. The monoisotopic (exact) mass is 282 g/mol. The molecular weight excluding hydrogens is 256 g/mol. The molecule has 0 aromatic heterocycles. The lowest BCUT2D eigenvalue weighted by Crippen LogP contribution is -2.45. The van der Waals surface area contributed by atoms with Crippen molar-refractivity contribution in [2.75, 3.05) is 13.1 Å². The average Bonchev–Trinajstić information content (AvgIpc) is 2.28. The smallest absolute Gasteiger partial charge is 0.0239 e. The lowest BCUT2D eigenvalue weighted by atomic mass is 9.93. The quantitative estimate of drug-likeness (QED) is 0.903. The fourth-order valence-electron chi connectivity index (χ4n) is 3.08. The zero-order valence-corrected chi connectivity index (χ0v) is 13.4. The van der Waals surface area contributed by atoms with E-state index in [0.29, 0.717) is 12.0 Å². The van der Waals surface area contributed by atoms with Crippen molar-refractivity contribution < 1.29 is 0 Å². The summed E-state index contributed by atoms with van der Waals surface area (Å²) in [4.78, 5) is 2.55. The Kier molecular flexibility index (Phi) is 5.84. The summed E-state index contributed by atoms with van der Waals surface area (Å²) in [6.45, 7) is 12.3. The van der Waals surface area contributed by atoms with Crippen LogP contribution < -0.4 is 5.73 Å². The zero-order valence-electron chi connectivity index (χ0n) is 12.6. The van der Waals surface area contributed by atoms with Crippen LogP contribution in [0.5, 0.6) is 0 Å². The number of nitrogens with zero attached hydrogens (tertiary/aromatic N) is 1. The fourth-order valence-corrected chi connectivity index (χ4v) is 3.08. The summed E-state index contributed by atoms with van der Waals surface area (Å²) in [6.07, 6.45) is 1.13. The molecule has 0 aliphatic carbocycles. The third kappa shape index (κ3) is 3.95. The zero-order chi connectivity index (χ0) is 13.3. The molecule has 1 aromatic rings. The number of halogens is 1. The number of piperidine rings is 1. The second-order valence-electron chi connectivity index (χ2n) is 6.04. The Morgan fingerprint density at radius 3 is 2.32 bits per heavy atom. The van der Waals surface area contributed by atoms with E-state index in [9.17, 15) is 0 Å². The van der Waals surface area contributed by atoms with E-state index in [4.69, 9.17) is 5.73 Å². The van der Waals surface area contributed by atoms with Crippen molar-refractivity contribution in [3.8, 4) is 0 Å². The third-order valence-corrected chi connectivity index (χ3v) is 4.28. The summed E-state index contributed by atoms with van der Waals surface area (Å²) < 4.78 is 0. The molecule has 19 heavy (non-hydrogen) atoms. The normalized spacial score (nSPS) is 24.1. The molecule has 2 nitrogen and oxygen atoms in total. The van der Waals surface area contributed by atoms with Gasteiger partial charge in [-0.1, -0.05) is 24.6 Å². The summed E-state index contributed by atoms with van der Waals surface area (Å²) in [5.74, 6) is 0.616. The van der Waals surface area contributed by atoms with Crippen molar-refractivity contribution in [1.29, 1.82) is 0 Å². The van der Waals surface area contributed by atoms with Crippen molar-refractivity contribution in [2.45, 2.75) is 46.7 Å². The number of likely N-dealkylation sites (tertiary alicyclic amines) is 1. The van der Waals surface area contributed by atoms with Gasteiger partial charge in [-0.25, -0.2) is 0 Å². The highest BCUT2D eigenvalue weighted by atomic mass is 35.5. The van der Waals surface area contributed by atoms with Crippen LogP contribution in [0, 0.1) is 26.7 Å². The molecule has 3 heteroatoms. The van der Waals surface area contributed by atoms with Gasteiger partial charge in [-0.15, -0.1) is 12.4 Å². The van der Waals surface area contributed by atoms with Gasteiger partial charge in [0, 0.05) is 19.1 Å². The number of hydrogen-bond donors (Lipinski definition) is 1. The van der Waals surface area contributed by atoms with Gasteiger partial charge in [0.2, 0.25) is 0 Å². The summed E-state index contributed by atoms with van der Waals surface area (Å²) in [5.41, 5.74) is 11.8. The van der Waals surface area contributed by atoms with E-state index in [0.717, 1.165) is 26.1 Å². The largest absolute Gasteiger partial charge is 0.327 e. The van der Waals surface area contributed by atoms with Crippen molar-refractivity contribution in [3.63, 3.8) is 0 Å². The molecule has 1 aromatic carbocycles. The van der Waals surface area contributed by atoms with Crippen LogP contribution in [-0.2, 0) is 6.54 Å². The first-order valence-corrected chi connectivity index (χ1v) is 7.02. The molecule has 1 aliphatic rings. The second-order valence-corrected chi connectivity index (χ2v) is 6.04. The summed E-state index contributed by atoms with van der Waals surface area (Å²) >= 11 is 0. The number of benzene rings is 1. The van der Waals surface area contributed by atoms with Gasteiger partial charge >= 0.3 is 0 Å². The van der Waals surface area contributed by atoms with Crippen LogP contribution in [0.15, 0.2) is 12.1 Å². The molecule has 0 bridgehead atoms. The molecule has 2 atom stereocenters. The number of hydrogen-bond acceptors (Lipinski definition) is 2. The highest BCUT2D eigenvalue weighted by molar-refractivity contribution is 5.85. The molecule has 1 heterocycles. The van der Waals surface area contributed by atoms with E-state index in [1.807, 2.05) is 0 Å². The Labute approximate surface area is 123 Å². The summed E-state index contributed by atoms with van der Waals surface area (Å²) in [7, 11) is 0. The van der Waals surface area contributed by atoms with Crippen LogP contribution >= 0.6 is 12.4 Å². The van der Waals surface area contributed by atoms with Crippen LogP contribution in [0.1, 0.15) is 35.6 Å². The molecule has 0 amide bonds. The fraction of sp³-hybridized carbons (Fsp3) is 0.625. The topological polar surface area (TPSA) is 29.3 Å². The van der Waals surface area contributed by atoms with E-state index in [1.165, 1.54) is 22.3 Å². The van der Waals surface area contributed by atoms with Gasteiger partial charge in [-0.2, -0.15) is 0 Å². The maximum atomic E-state index is 6.09. The van der Waals surface area contributed by atoms with Crippen LogP contribution in [-0.4, -0.2) is 24.0 Å². The van der Waals surface area contributed by atoms with Gasteiger partial charge in [0.25, 0.3) is 0 Å². The molecule has 108 valence electrons. The minimum absolute atomic E-state index is 0. The van der Waals surface area contributed by atoms with Gasteiger partial charge in [0.05, 0.1) is 0 Å². The Morgan fingerprint density at radius 2 is 1.79 bits per heavy atom. The number of aryl methyl sites for hydroxylation is 3. The van der Waals surface area contributed by atoms with Crippen molar-refractivity contribution >= 4 is 12.4 Å². The van der Waals surface area contributed by atoms with E-state index >= 15 is 0 Å². The Balaban J connectivity index is 0.00000180. The van der Waals surface area contributed by atoms with Crippen molar-refractivity contribution in [1.82, 2.24) is 4.90 Å². The Morgan fingerprint density at radius 1 is 1.21 bits per heavy atom. The third-order valence-electron chi connectivity index (χ3n) is 4.28. The van der Waals surface area contributed by atoms with Crippen LogP contribution in [0.3, 0.4) is 0 Å². The van der Waals surface area contributed by atoms with Crippen LogP contribution in [0.2, 0.25) is 0 Å². The first-order chi connectivity index (χ1) is 8.47. The summed E-state index contributed by atoms with van der Waals surface area (Å²) in [5, 5.41) is 0. The SMILES string of the molecule is Cc1cc(C)c(CN2CCC(N)C(C)C2)c(C)c1.Cl. The van der Waals surface area contributed by atoms with Gasteiger partial charge in [-0.3, -0.25) is 4.90 Å².